The molecule has 14 heteroatoms. The van der Waals surface area contributed by atoms with Gasteiger partial charge >= 0.3 is 10.2 Å². The smallest absolute Gasteiger partial charge is 0.310 e. The van der Waals surface area contributed by atoms with E-state index in [1.54, 1.807) is 30.5 Å². The zero-order valence-corrected chi connectivity index (χ0v) is 23.4. The fourth-order valence-electron chi connectivity index (χ4n) is 4.97. The van der Waals surface area contributed by atoms with Crippen LogP contribution in [0, 0.1) is 4.78 Å². The minimum atomic E-state index is -9.71. The number of rotatable bonds is 7. The molecule has 4 aromatic rings. The van der Waals surface area contributed by atoms with Gasteiger partial charge in [0.1, 0.15) is 10.7 Å². The van der Waals surface area contributed by atoms with Crippen molar-refractivity contribution in [2.45, 2.75) is 66.5 Å². The highest BCUT2D eigenvalue weighted by Crippen LogP contribution is 3.02. The molecule has 0 aliphatic heterocycles. The number of aromatic nitrogens is 4. The van der Waals surface area contributed by atoms with Gasteiger partial charge in [-0.1, -0.05) is 45.4 Å². The standard InChI is InChI=1S/C26H29F5N6OS2/c1-17(2)26-36-35-25-15-33-24(16-37(25)26)18-3-9-21(10-4-18)39(32,38)22-11-5-19(6-12-22)34-20-7-13-23(14-8-20)40(27,28,29,30)31/h3-4,7-10,13-17,19,22,32,34H,5-6,11-12H2,1-2H3. The van der Waals surface area contributed by atoms with Gasteiger partial charge in [-0.15, -0.1) is 10.2 Å². The molecule has 1 saturated carbocycles. The fraction of sp³-hybridized carbons (Fsp3) is 0.346. The molecule has 7 nitrogen and oxygen atoms in total. The van der Waals surface area contributed by atoms with E-state index in [1.165, 1.54) is 0 Å². The zero-order valence-electron chi connectivity index (χ0n) is 21.7. The van der Waals surface area contributed by atoms with E-state index < -0.39 is 24.8 Å². The lowest BCUT2D eigenvalue weighted by Crippen LogP contribution is -2.32. The van der Waals surface area contributed by atoms with Gasteiger partial charge in [0.15, 0.2) is 5.65 Å². The lowest BCUT2D eigenvalue weighted by atomic mass is 9.95. The van der Waals surface area contributed by atoms with Crippen LogP contribution in [0.4, 0.5) is 25.1 Å². The van der Waals surface area contributed by atoms with E-state index in [4.69, 9.17) is 4.78 Å². The average Bonchev–Trinajstić information content (AvgIpc) is 3.32. The molecule has 2 aromatic heterocycles. The number of nitrogens with zero attached hydrogens (tertiary/aromatic N) is 4. The molecule has 5 rings (SSSR count). The molecule has 0 saturated heterocycles. The first-order chi connectivity index (χ1) is 18.5. The van der Waals surface area contributed by atoms with Gasteiger partial charge in [-0.05, 0) is 62.1 Å². The van der Waals surface area contributed by atoms with Crippen LogP contribution in [0.5, 0.6) is 0 Å². The molecular formula is C26H29F5N6OS2. The van der Waals surface area contributed by atoms with Crippen LogP contribution in [-0.4, -0.2) is 35.1 Å². The van der Waals surface area contributed by atoms with Crippen molar-refractivity contribution in [1.29, 1.82) is 4.78 Å². The Morgan fingerprint density at radius 3 is 2.15 bits per heavy atom. The van der Waals surface area contributed by atoms with E-state index in [0.29, 0.717) is 59.7 Å². The van der Waals surface area contributed by atoms with E-state index in [0.717, 1.165) is 23.5 Å². The van der Waals surface area contributed by atoms with E-state index >= 15 is 0 Å². The molecule has 0 spiro atoms. The molecule has 2 N–H and O–H groups in total. The van der Waals surface area contributed by atoms with Crippen molar-refractivity contribution in [3.05, 3.63) is 66.7 Å². The Kier molecular flexibility index (Phi) is 6.45. The predicted octanol–water partition coefficient (Wildman–Crippen LogP) is 8.40. The van der Waals surface area contributed by atoms with Gasteiger partial charge in [-0.3, -0.25) is 9.38 Å². The molecule has 0 bridgehead atoms. The summed E-state index contributed by atoms with van der Waals surface area (Å²) in [5, 5.41) is 11.0. The highest BCUT2D eigenvalue weighted by atomic mass is 32.5. The minimum Gasteiger partial charge on any atom is -0.382 e. The molecule has 40 heavy (non-hydrogen) atoms. The third-order valence-corrected chi connectivity index (χ3v) is 10.7. The number of hydrogen-bond donors (Lipinski definition) is 2. The topological polar surface area (TPSA) is 96.0 Å². The molecule has 1 aliphatic carbocycles. The molecule has 1 atom stereocenters. The van der Waals surface area contributed by atoms with Crippen molar-refractivity contribution < 1.29 is 23.6 Å². The highest BCUT2D eigenvalue weighted by Gasteiger charge is 2.65. The fourth-order valence-corrected chi connectivity index (χ4v) is 7.48. The van der Waals surface area contributed by atoms with Crippen LogP contribution in [0.3, 0.4) is 0 Å². The van der Waals surface area contributed by atoms with Crippen molar-refractivity contribution in [1.82, 2.24) is 19.6 Å². The van der Waals surface area contributed by atoms with Gasteiger partial charge in [0, 0.05) is 39.6 Å². The molecule has 0 amide bonds. The summed E-state index contributed by atoms with van der Waals surface area (Å²) in [7, 11) is -12.8. The Labute approximate surface area is 228 Å². The maximum absolute atomic E-state index is 13.5. The average molecular weight is 601 g/mol. The van der Waals surface area contributed by atoms with Crippen molar-refractivity contribution in [3.8, 4) is 11.3 Å². The van der Waals surface area contributed by atoms with Gasteiger partial charge in [0.2, 0.25) is 0 Å². The maximum atomic E-state index is 13.5. The quantitative estimate of drug-likeness (QED) is 0.208. The van der Waals surface area contributed by atoms with E-state index in [9.17, 15) is 23.6 Å². The van der Waals surface area contributed by atoms with E-state index in [1.807, 2.05) is 24.4 Å². The Balaban J connectivity index is 1.24. The lowest BCUT2D eigenvalue weighted by molar-refractivity contribution is 0.364. The van der Waals surface area contributed by atoms with Crippen molar-refractivity contribution in [2.75, 3.05) is 5.32 Å². The van der Waals surface area contributed by atoms with Crippen molar-refractivity contribution in [2.24, 2.45) is 0 Å². The lowest BCUT2D eigenvalue weighted by Gasteiger charge is -2.40. The molecule has 1 unspecified atom stereocenters. The van der Waals surface area contributed by atoms with Crippen LogP contribution < -0.4 is 5.32 Å². The molecule has 1 fully saturated rings. The van der Waals surface area contributed by atoms with Crippen LogP contribution in [0.1, 0.15) is 51.3 Å². The van der Waals surface area contributed by atoms with Crippen molar-refractivity contribution in [3.63, 3.8) is 0 Å². The molecule has 0 radical (unpaired) electrons. The van der Waals surface area contributed by atoms with Gasteiger partial charge in [0.05, 0.1) is 21.6 Å². The normalized spacial score (nSPS) is 21.5. The number of halogens is 5. The van der Waals surface area contributed by atoms with E-state index in [2.05, 4.69) is 20.5 Å². The van der Waals surface area contributed by atoms with Crippen molar-refractivity contribution >= 4 is 31.3 Å². The van der Waals surface area contributed by atoms with Crippen LogP contribution >= 0.6 is 10.2 Å². The van der Waals surface area contributed by atoms with Crippen LogP contribution in [0.15, 0.2) is 70.7 Å². The van der Waals surface area contributed by atoms with Gasteiger partial charge in [-0.2, -0.15) is 0 Å². The number of hydrogen-bond acceptors (Lipinski definition) is 6. The van der Waals surface area contributed by atoms with E-state index in [-0.39, 0.29) is 17.2 Å². The Hall–Kier alpha value is -3.26. The zero-order chi connectivity index (χ0) is 29.0. The largest absolute Gasteiger partial charge is 0.382 e. The summed E-state index contributed by atoms with van der Waals surface area (Å²) in [4.78, 5) is 2.96. The molecule has 2 aromatic carbocycles. The molecular weight excluding hydrogens is 571 g/mol. The van der Waals surface area contributed by atoms with Gasteiger partial charge in [-0.25, -0.2) is 8.99 Å². The first-order valence-electron chi connectivity index (χ1n) is 12.7. The summed E-state index contributed by atoms with van der Waals surface area (Å²) in [5.74, 6) is 0.991. The maximum Gasteiger partial charge on any atom is 0.310 e. The Morgan fingerprint density at radius 2 is 1.57 bits per heavy atom. The second-order valence-electron chi connectivity index (χ2n) is 10.4. The summed E-state index contributed by atoms with van der Waals surface area (Å²) in [5.41, 5.74) is 2.44. The first kappa shape index (κ1) is 28.3. The number of fused-ring (bicyclic) bond motifs is 1. The highest BCUT2D eigenvalue weighted by molar-refractivity contribution is 8.45. The second kappa shape index (κ2) is 9.13. The second-order valence-corrected chi connectivity index (χ2v) is 15.2. The number of anilines is 1. The summed E-state index contributed by atoms with van der Waals surface area (Å²) in [6.07, 6.45) is 5.55. The molecule has 1 aliphatic rings. The minimum absolute atomic E-state index is 0.131. The SMILES string of the molecule is CC(C)c1nnc2cnc(-c3ccc(S(=N)(=O)C4CCC(Nc5ccc(S(F)(F)(F)(F)F)cc5)CC4)cc3)cn12. The third-order valence-electron chi connectivity index (χ3n) is 7.15. The number of nitrogens with one attached hydrogen (secondary N) is 2. The van der Waals surface area contributed by atoms with Crippen LogP contribution in [0.25, 0.3) is 16.9 Å². The predicted molar refractivity (Wildman–Crippen MR) is 147 cm³/mol. The number of benzene rings is 2. The molecule has 216 valence electrons. The monoisotopic (exact) mass is 600 g/mol. The summed E-state index contributed by atoms with van der Waals surface area (Å²) in [6.45, 7) is 4.05. The van der Waals surface area contributed by atoms with Gasteiger partial charge < -0.3 is 5.32 Å². The summed E-state index contributed by atoms with van der Waals surface area (Å²) in [6, 6.07) is 9.60. The summed E-state index contributed by atoms with van der Waals surface area (Å²) >= 11 is 0. The third kappa shape index (κ3) is 5.78. The Morgan fingerprint density at radius 1 is 0.950 bits per heavy atom. The summed E-state index contributed by atoms with van der Waals surface area (Å²) < 4.78 is 88.9. The van der Waals surface area contributed by atoms with Crippen LogP contribution in [-0.2, 0) is 9.73 Å². The van der Waals surface area contributed by atoms with Crippen LogP contribution in [0.2, 0.25) is 0 Å². The molecule has 2 heterocycles. The van der Waals surface area contributed by atoms with Gasteiger partial charge in [0.25, 0.3) is 0 Å². The first-order valence-corrected chi connectivity index (χ1v) is 16.3. The Bertz CT molecular complexity index is 1650.